The zero-order valence-electron chi connectivity index (χ0n) is 25.9. The average molecular weight is 656 g/mol. The van der Waals surface area contributed by atoms with Crippen LogP contribution in [-0.2, 0) is 31.4 Å². The number of ether oxygens (including phenoxy) is 2. The summed E-state index contributed by atoms with van der Waals surface area (Å²) < 4.78 is 40.0. The number of anilines is 1. The van der Waals surface area contributed by atoms with Crippen LogP contribution < -0.4 is 19.7 Å². The van der Waals surface area contributed by atoms with Crippen LogP contribution in [0.25, 0.3) is 0 Å². The van der Waals surface area contributed by atoms with Crippen molar-refractivity contribution in [3.05, 3.63) is 70.3 Å². The number of esters is 1. The van der Waals surface area contributed by atoms with Crippen LogP contribution in [0.3, 0.4) is 0 Å². The van der Waals surface area contributed by atoms with Crippen LogP contribution in [0.5, 0.6) is 5.75 Å². The van der Waals surface area contributed by atoms with Gasteiger partial charge in [0.15, 0.2) is 0 Å². The van der Waals surface area contributed by atoms with Gasteiger partial charge in [0.2, 0.25) is 10.0 Å². The van der Waals surface area contributed by atoms with Crippen molar-refractivity contribution in [3.63, 3.8) is 0 Å². The minimum atomic E-state index is -3.90. The van der Waals surface area contributed by atoms with Gasteiger partial charge in [-0.2, -0.15) is 0 Å². The second kappa shape index (κ2) is 13.0. The molecule has 0 aromatic heterocycles. The maximum Gasteiger partial charge on any atom is 0.319 e. The van der Waals surface area contributed by atoms with Crippen molar-refractivity contribution >= 4 is 39.2 Å². The fourth-order valence-electron chi connectivity index (χ4n) is 7.49. The molecule has 1 amide bonds. The number of carbonyl (C=O) groups excluding carboxylic acids is 2. The summed E-state index contributed by atoms with van der Waals surface area (Å²) in [6.07, 6.45) is 9.92. The van der Waals surface area contributed by atoms with E-state index in [-0.39, 0.29) is 35.5 Å². The van der Waals surface area contributed by atoms with E-state index in [9.17, 15) is 18.0 Å². The predicted octanol–water partition coefficient (Wildman–Crippen LogP) is 4.77. The Morgan fingerprint density at radius 1 is 1.20 bits per heavy atom. The van der Waals surface area contributed by atoms with Crippen molar-refractivity contribution in [1.82, 2.24) is 10.0 Å². The van der Waals surface area contributed by atoms with Gasteiger partial charge in [-0.15, -0.1) is 0 Å². The summed E-state index contributed by atoms with van der Waals surface area (Å²) in [6.45, 7) is 3.62. The monoisotopic (exact) mass is 655 g/mol. The summed E-state index contributed by atoms with van der Waals surface area (Å²) in [5.41, 5.74) is 3.29. The van der Waals surface area contributed by atoms with Gasteiger partial charge in [-0.3, -0.25) is 9.59 Å². The molecule has 1 fully saturated rings. The highest BCUT2D eigenvalue weighted by atomic mass is 35.5. The first-order valence-electron chi connectivity index (χ1n) is 15.9. The van der Waals surface area contributed by atoms with Gasteiger partial charge in [0.05, 0.1) is 31.2 Å². The molecule has 0 saturated heterocycles. The lowest BCUT2D eigenvalue weighted by Gasteiger charge is -2.46. The number of nitrogens with zero attached hydrogens (tertiary/aromatic N) is 1. The molecule has 4 aliphatic rings. The SMILES string of the molecule is COC(=O)CN[C@H]1/C=C\CC[C@@H](C)S(=O)(=O)NC(=O)c2ccc3c(c2)N(C[C@@H]2CC[C@H]21)C[C@@]1(CCCc2cc(Cl)ccc21)CO3. The molecule has 0 unspecified atom stereocenters. The summed E-state index contributed by atoms with van der Waals surface area (Å²) in [4.78, 5) is 27.8. The molecule has 45 heavy (non-hydrogen) atoms. The Balaban J connectivity index is 1.40. The number of fused-ring (bicyclic) bond motifs is 4. The first-order valence-corrected chi connectivity index (χ1v) is 17.8. The Hall–Kier alpha value is -3.08. The molecule has 5 atom stereocenters. The van der Waals surface area contributed by atoms with E-state index in [0.717, 1.165) is 49.4 Å². The summed E-state index contributed by atoms with van der Waals surface area (Å²) >= 11 is 6.41. The molecule has 6 rings (SSSR count). The zero-order valence-corrected chi connectivity index (χ0v) is 27.5. The van der Waals surface area contributed by atoms with E-state index >= 15 is 0 Å². The molecular formula is C34H42ClN3O6S. The number of hydrogen-bond acceptors (Lipinski definition) is 8. The smallest absolute Gasteiger partial charge is 0.319 e. The number of sulfonamides is 1. The van der Waals surface area contributed by atoms with Crippen LogP contribution in [0.4, 0.5) is 5.69 Å². The lowest BCUT2D eigenvalue weighted by Crippen LogP contribution is -2.51. The number of methoxy groups -OCH3 is 1. The van der Waals surface area contributed by atoms with E-state index in [2.05, 4.69) is 33.1 Å². The molecule has 9 nitrogen and oxygen atoms in total. The van der Waals surface area contributed by atoms with Gasteiger partial charge in [-0.1, -0.05) is 29.8 Å². The molecule has 2 bridgehead atoms. The highest BCUT2D eigenvalue weighted by Crippen LogP contribution is 2.46. The molecule has 2 aliphatic heterocycles. The molecular weight excluding hydrogens is 614 g/mol. The highest BCUT2D eigenvalue weighted by Gasteiger charge is 2.44. The third-order valence-electron chi connectivity index (χ3n) is 10.2. The molecule has 2 N–H and O–H groups in total. The minimum absolute atomic E-state index is 0.0667. The molecule has 2 heterocycles. The quantitative estimate of drug-likeness (QED) is 0.359. The molecule has 11 heteroatoms. The fourth-order valence-corrected chi connectivity index (χ4v) is 8.70. The molecule has 2 aromatic carbocycles. The number of amides is 1. The average Bonchev–Trinajstić information content (AvgIpc) is 3.15. The third-order valence-corrected chi connectivity index (χ3v) is 12.2. The number of carbonyl (C=O) groups is 2. The van der Waals surface area contributed by atoms with Gasteiger partial charge in [0.1, 0.15) is 5.75 Å². The maximum absolute atomic E-state index is 13.3. The van der Waals surface area contributed by atoms with Crippen LogP contribution in [-0.4, -0.2) is 64.9 Å². The van der Waals surface area contributed by atoms with Gasteiger partial charge < -0.3 is 19.7 Å². The maximum atomic E-state index is 13.3. The topological polar surface area (TPSA) is 114 Å². The van der Waals surface area contributed by atoms with E-state index in [4.69, 9.17) is 21.1 Å². The van der Waals surface area contributed by atoms with E-state index in [1.807, 2.05) is 12.1 Å². The first-order chi connectivity index (χ1) is 21.6. The zero-order chi connectivity index (χ0) is 31.8. The number of benzene rings is 2. The Labute approximate surface area is 270 Å². The van der Waals surface area contributed by atoms with Gasteiger partial charge in [0.25, 0.3) is 5.91 Å². The van der Waals surface area contributed by atoms with Crippen molar-refractivity contribution in [1.29, 1.82) is 0 Å². The summed E-state index contributed by atoms with van der Waals surface area (Å²) in [5.74, 6) is 0.305. The van der Waals surface area contributed by atoms with Gasteiger partial charge in [-0.25, -0.2) is 13.1 Å². The van der Waals surface area contributed by atoms with Crippen molar-refractivity contribution in [3.8, 4) is 5.75 Å². The predicted molar refractivity (Wildman–Crippen MR) is 174 cm³/mol. The number of allylic oxidation sites excluding steroid dienone is 1. The summed E-state index contributed by atoms with van der Waals surface area (Å²) in [7, 11) is -2.52. The normalized spacial score (nSPS) is 30.0. The van der Waals surface area contributed by atoms with E-state index in [0.29, 0.717) is 37.7 Å². The van der Waals surface area contributed by atoms with Crippen molar-refractivity contribution in [2.75, 3.05) is 38.3 Å². The second-order valence-corrected chi connectivity index (χ2v) is 15.6. The van der Waals surface area contributed by atoms with Crippen LogP contribution in [0.1, 0.15) is 66.9 Å². The lowest BCUT2D eigenvalue weighted by atomic mass is 9.68. The summed E-state index contributed by atoms with van der Waals surface area (Å²) in [5, 5.41) is 3.36. The Bertz CT molecular complexity index is 1600. The van der Waals surface area contributed by atoms with E-state index in [1.54, 1.807) is 25.1 Å². The summed E-state index contributed by atoms with van der Waals surface area (Å²) in [6, 6.07) is 11.3. The molecule has 2 aliphatic carbocycles. The van der Waals surface area contributed by atoms with Crippen molar-refractivity contribution in [2.24, 2.45) is 11.8 Å². The minimum Gasteiger partial charge on any atom is -0.490 e. The Morgan fingerprint density at radius 2 is 2.04 bits per heavy atom. The fraction of sp³-hybridized carbons (Fsp3) is 0.529. The number of halogens is 1. The number of rotatable bonds is 3. The molecule has 0 radical (unpaired) electrons. The third kappa shape index (κ3) is 6.60. The van der Waals surface area contributed by atoms with Crippen molar-refractivity contribution in [2.45, 2.75) is 68.6 Å². The van der Waals surface area contributed by atoms with Crippen LogP contribution in [0.15, 0.2) is 48.6 Å². The molecule has 1 saturated carbocycles. The number of nitrogens with one attached hydrogen (secondary N) is 2. The standard InChI is InChI=1S/C34H42ClN3O6S/c1-22-6-3-4-8-29(36-18-32(39)43-2)27-12-9-25(27)19-38-20-34(15-5-7-23-16-26(35)11-13-28(23)34)21-44-31-14-10-24(17-30(31)38)33(40)37-45(22,41)42/h4,8,10-11,13-14,16-17,22,25,27,29,36H,3,5-7,9,12,15,18-21H2,1-2H3,(H,37,40)/b8-4-/t22-,25+,27-,29+,34+/m1/s1. The van der Waals surface area contributed by atoms with Crippen LogP contribution in [0, 0.1) is 11.8 Å². The first kappa shape index (κ1) is 31.9. The number of aryl methyl sites for hydroxylation is 1. The van der Waals surface area contributed by atoms with E-state index in [1.165, 1.54) is 18.2 Å². The highest BCUT2D eigenvalue weighted by molar-refractivity contribution is 7.90. The van der Waals surface area contributed by atoms with Crippen molar-refractivity contribution < 1.29 is 27.5 Å². The van der Waals surface area contributed by atoms with Gasteiger partial charge in [-0.05, 0) is 105 Å². The van der Waals surface area contributed by atoms with Gasteiger partial charge >= 0.3 is 5.97 Å². The second-order valence-electron chi connectivity index (χ2n) is 13.1. The molecule has 1 spiro atoms. The largest absolute Gasteiger partial charge is 0.490 e. The van der Waals surface area contributed by atoms with Gasteiger partial charge in [0, 0.05) is 35.1 Å². The Kier molecular flexibility index (Phi) is 9.19. The Morgan fingerprint density at radius 3 is 2.82 bits per heavy atom. The molecule has 2 aromatic rings. The number of hydrogen-bond donors (Lipinski definition) is 2. The lowest BCUT2D eigenvalue weighted by molar-refractivity contribution is -0.139. The molecule has 242 valence electrons. The van der Waals surface area contributed by atoms with Crippen LogP contribution >= 0.6 is 11.6 Å². The van der Waals surface area contributed by atoms with E-state index < -0.39 is 21.2 Å². The van der Waals surface area contributed by atoms with Crippen LogP contribution in [0.2, 0.25) is 5.02 Å².